The third-order valence-corrected chi connectivity index (χ3v) is 6.03. The summed E-state index contributed by atoms with van der Waals surface area (Å²) in [6.07, 6.45) is 2.34. The summed E-state index contributed by atoms with van der Waals surface area (Å²) in [7, 11) is 0. The number of halogens is 1. The molecule has 1 unspecified atom stereocenters. The summed E-state index contributed by atoms with van der Waals surface area (Å²) in [4.78, 5) is 53.3. The van der Waals surface area contributed by atoms with Gasteiger partial charge in [0.05, 0.1) is 35.1 Å². The Morgan fingerprint density at radius 2 is 1.81 bits per heavy atom. The topological polar surface area (TPSA) is 149 Å². The second kappa shape index (κ2) is 10.2. The minimum atomic E-state index is -0.714. The van der Waals surface area contributed by atoms with Crippen LogP contribution >= 0.6 is 11.6 Å². The average Bonchev–Trinajstić information content (AvgIpc) is 2.83. The van der Waals surface area contributed by atoms with Crippen molar-refractivity contribution in [3.63, 3.8) is 0 Å². The lowest BCUT2D eigenvalue weighted by atomic mass is 10.2. The van der Waals surface area contributed by atoms with Crippen molar-refractivity contribution in [2.45, 2.75) is 39.3 Å². The minimum Gasteiger partial charge on any atom is -0.444 e. The van der Waals surface area contributed by atoms with Gasteiger partial charge >= 0.3 is 6.09 Å². The van der Waals surface area contributed by atoms with E-state index in [9.17, 15) is 14.4 Å². The first-order chi connectivity index (χ1) is 17.5. The van der Waals surface area contributed by atoms with Crippen LogP contribution in [-0.4, -0.2) is 68.3 Å². The van der Waals surface area contributed by atoms with E-state index in [0.717, 1.165) is 0 Å². The fourth-order valence-electron chi connectivity index (χ4n) is 4.01. The predicted molar refractivity (Wildman–Crippen MR) is 139 cm³/mol. The first-order valence-corrected chi connectivity index (χ1v) is 12.2. The molecule has 3 aromatic rings. The monoisotopic (exact) mass is 528 g/mol. The highest BCUT2D eigenvalue weighted by Crippen LogP contribution is 2.22. The number of hydrogen-bond acceptors (Lipinski definition) is 9. The molecule has 1 saturated heterocycles. The first kappa shape index (κ1) is 26.1. The molecule has 3 N–H and O–H groups in total. The Labute approximate surface area is 218 Å². The summed E-state index contributed by atoms with van der Waals surface area (Å²) in [6.45, 7) is 8.46. The fourth-order valence-corrected chi connectivity index (χ4v) is 4.26. The molecule has 0 spiro atoms. The lowest BCUT2D eigenvalue weighted by Crippen LogP contribution is -2.57. The summed E-state index contributed by atoms with van der Waals surface area (Å²) in [5, 5.41) is 5.12. The number of benzene rings is 1. The average molecular weight is 529 g/mol. The summed E-state index contributed by atoms with van der Waals surface area (Å²) in [5.41, 5.74) is 5.18. The summed E-state index contributed by atoms with van der Waals surface area (Å²) < 4.78 is 6.90. The van der Waals surface area contributed by atoms with E-state index in [1.807, 2.05) is 20.8 Å². The second-order valence-electron chi connectivity index (χ2n) is 9.63. The van der Waals surface area contributed by atoms with Gasteiger partial charge in [0, 0.05) is 25.5 Å². The summed E-state index contributed by atoms with van der Waals surface area (Å²) in [5.74, 6) is -0.276. The van der Waals surface area contributed by atoms with Crippen molar-refractivity contribution in [3.8, 4) is 0 Å². The third kappa shape index (κ3) is 5.58. The van der Waals surface area contributed by atoms with Crippen molar-refractivity contribution in [3.05, 3.63) is 57.5 Å². The highest BCUT2D eigenvalue weighted by Gasteiger charge is 2.29. The Hall–Kier alpha value is -3.93. The number of nitrogens with one attached hydrogen (secondary N) is 1. The molecule has 1 fully saturated rings. The predicted octanol–water partition coefficient (Wildman–Crippen LogP) is 2.10. The Morgan fingerprint density at radius 3 is 2.46 bits per heavy atom. The maximum Gasteiger partial charge on any atom is 0.410 e. The van der Waals surface area contributed by atoms with Gasteiger partial charge in [-0.3, -0.25) is 9.59 Å². The molecule has 0 bridgehead atoms. The number of carbonyl (C=O) groups is 2. The molecule has 12 nitrogen and oxygen atoms in total. The Kier molecular flexibility index (Phi) is 7.21. The van der Waals surface area contributed by atoms with E-state index in [1.54, 1.807) is 35.0 Å². The molecule has 1 aliphatic heterocycles. The van der Waals surface area contributed by atoms with E-state index in [1.165, 1.54) is 17.1 Å². The van der Waals surface area contributed by atoms with Crippen LogP contribution in [-0.2, 0) is 4.74 Å². The van der Waals surface area contributed by atoms with Crippen LogP contribution in [0.15, 0.2) is 35.4 Å². The van der Waals surface area contributed by atoms with E-state index in [2.05, 4.69) is 15.3 Å². The number of aromatic nitrogens is 4. The molecular formula is C24H29ClN8O4. The van der Waals surface area contributed by atoms with Crippen molar-refractivity contribution in [1.82, 2.24) is 29.8 Å². The van der Waals surface area contributed by atoms with Gasteiger partial charge in [0.15, 0.2) is 17.3 Å². The molecule has 2 amide bonds. The van der Waals surface area contributed by atoms with Gasteiger partial charge < -0.3 is 25.7 Å². The molecule has 196 valence electrons. The molecular weight excluding hydrogens is 500 g/mol. The quantitative estimate of drug-likeness (QED) is 0.519. The number of fused-ring (bicyclic) bond motifs is 1. The van der Waals surface area contributed by atoms with Gasteiger partial charge in [0.1, 0.15) is 5.60 Å². The normalized spacial score (nSPS) is 14.9. The Balaban J connectivity index is 1.67. The number of rotatable bonds is 4. The summed E-state index contributed by atoms with van der Waals surface area (Å²) >= 11 is 6.37. The molecule has 0 radical (unpaired) electrons. The number of carbonyl (C=O) groups excluding carboxylic acids is 2. The maximum atomic E-state index is 13.7. The third-order valence-electron chi connectivity index (χ3n) is 5.72. The van der Waals surface area contributed by atoms with Crippen LogP contribution in [0.3, 0.4) is 0 Å². The largest absolute Gasteiger partial charge is 0.444 e. The number of hydrogen-bond donors (Lipinski definition) is 2. The zero-order valence-corrected chi connectivity index (χ0v) is 21.8. The zero-order chi connectivity index (χ0) is 26.9. The van der Waals surface area contributed by atoms with Crippen LogP contribution in [0.2, 0.25) is 5.02 Å². The van der Waals surface area contributed by atoms with Crippen molar-refractivity contribution in [1.29, 1.82) is 0 Å². The smallest absolute Gasteiger partial charge is 0.410 e. The zero-order valence-electron chi connectivity index (χ0n) is 21.1. The van der Waals surface area contributed by atoms with Gasteiger partial charge in [-0.1, -0.05) is 17.7 Å². The van der Waals surface area contributed by atoms with Gasteiger partial charge in [-0.15, -0.1) is 0 Å². The SMILES string of the molecule is CC(NC(=O)c1nccnc1N)c1nc2cccc(Cl)c2c(=O)n1N1CCN(C(=O)OC(C)(C)C)CC1. The van der Waals surface area contributed by atoms with Crippen molar-refractivity contribution < 1.29 is 14.3 Å². The molecule has 0 saturated carbocycles. The molecule has 13 heteroatoms. The number of nitrogens with zero attached hydrogens (tertiary/aromatic N) is 6. The van der Waals surface area contributed by atoms with Crippen molar-refractivity contribution >= 4 is 40.3 Å². The van der Waals surface area contributed by atoms with E-state index in [0.29, 0.717) is 37.5 Å². The van der Waals surface area contributed by atoms with Crippen LogP contribution < -0.4 is 21.6 Å². The number of piperazine rings is 1. The highest BCUT2D eigenvalue weighted by atomic mass is 35.5. The standard InChI is InChI=1S/C24H29ClN8O4/c1-14(29-21(34)18-19(26)28-9-8-27-18)20-30-16-7-5-6-15(25)17(16)22(35)33(20)32-12-10-31(11-13-32)23(36)37-24(2,3)4/h5-9,14H,10-13H2,1-4H3,(H2,26,28)(H,29,34). The summed E-state index contributed by atoms with van der Waals surface area (Å²) in [6, 6.07) is 4.30. The van der Waals surface area contributed by atoms with Crippen LogP contribution in [0.4, 0.5) is 10.6 Å². The van der Waals surface area contributed by atoms with Gasteiger partial charge in [0.25, 0.3) is 11.5 Å². The lowest BCUT2D eigenvalue weighted by molar-refractivity contribution is 0.0231. The van der Waals surface area contributed by atoms with Gasteiger partial charge in [0.2, 0.25) is 0 Å². The van der Waals surface area contributed by atoms with Crippen molar-refractivity contribution in [2.24, 2.45) is 0 Å². The molecule has 0 aliphatic carbocycles. The lowest BCUT2D eigenvalue weighted by Gasteiger charge is -2.38. The minimum absolute atomic E-state index is 0.0129. The highest BCUT2D eigenvalue weighted by molar-refractivity contribution is 6.35. The van der Waals surface area contributed by atoms with E-state index < -0.39 is 23.6 Å². The van der Waals surface area contributed by atoms with Gasteiger partial charge in [-0.05, 0) is 39.8 Å². The van der Waals surface area contributed by atoms with E-state index in [-0.39, 0.29) is 27.5 Å². The van der Waals surface area contributed by atoms with Crippen LogP contribution in [0.1, 0.15) is 50.0 Å². The number of anilines is 1. The molecule has 4 rings (SSSR count). The molecule has 2 aromatic heterocycles. The molecule has 1 aromatic carbocycles. The van der Waals surface area contributed by atoms with Gasteiger partial charge in [-0.2, -0.15) is 0 Å². The van der Waals surface area contributed by atoms with E-state index in [4.69, 9.17) is 27.1 Å². The van der Waals surface area contributed by atoms with E-state index >= 15 is 0 Å². The Morgan fingerprint density at radius 1 is 1.14 bits per heavy atom. The molecule has 37 heavy (non-hydrogen) atoms. The number of nitrogen functional groups attached to an aromatic ring is 1. The Bertz CT molecular complexity index is 1400. The number of nitrogens with two attached hydrogens (primary N) is 1. The number of ether oxygens (including phenoxy) is 1. The van der Waals surface area contributed by atoms with Crippen molar-refractivity contribution in [2.75, 3.05) is 36.9 Å². The molecule has 1 aliphatic rings. The molecule has 1 atom stereocenters. The van der Waals surface area contributed by atoms with Gasteiger partial charge in [-0.25, -0.2) is 24.4 Å². The fraction of sp³-hybridized carbons (Fsp3) is 0.417. The van der Waals surface area contributed by atoms with Crippen LogP contribution in [0.5, 0.6) is 0 Å². The first-order valence-electron chi connectivity index (χ1n) is 11.8. The number of amides is 2. The second-order valence-corrected chi connectivity index (χ2v) is 10.0. The van der Waals surface area contributed by atoms with Crippen LogP contribution in [0, 0.1) is 0 Å². The maximum absolute atomic E-state index is 13.7. The van der Waals surface area contributed by atoms with Crippen LogP contribution in [0.25, 0.3) is 10.9 Å². The molecule has 3 heterocycles.